The van der Waals surface area contributed by atoms with E-state index in [1.165, 1.54) is 6.07 Å². The van der Waals surface area contributed by atoms with Crippen LogP contribution in [0.4, 0.5) is 4.39 Å². The van der Waals surface area contributed by atoms with Crippen LogP contribution in [0.3, 0.4) is 0 Å². The first-order valence-corrected chi connectivity index (χ1v) is 5.31. The lowest BCUT2D eigenvalue weighted by Gasteiger charge is -2.31. The molecule has 0 aromatic heterocycles. The Kier molecular flexibility index (Phi) is 2.85. The van der Waals surface area contributed by atoms with E-state index in [4.69, 9.17) is 0 Å². The summed E-state index contributed by atoms with van der Waals surface area (Å²) in [6.07, 6.45) is -0.557. The molecule has 14 heavy (non-hydrogen) atoms. The Balaban J connectivity index is 2.18. The molecule has 1 unspecified atom stereocenters. The molecule has 1 fully saturated rings. The second-order valence-corrected chi connectivity index (χ2v) is 4.39. The van der Waals surface area contributed by atoms with E-state index in [9.17, 15) is 9.50 Å². The van der Waals surface area contributed by atoms with Crippen LogP contribution >= 0.6 is 15.9 Å². The molecule has 1 aliphatic heterocycles. The van der Waals surface area contributed by atoms with Gasteiger partial charge >= 0.3 is 0 Å². The number of aliphatic hydroxyl groups excluding tert-OH is 1. The van der Waals surface area contributed by atoms with Crippen molar-refractivity contribution in [2.24, 2.45) is 5.92 Å². The van der Waals surface area contributed by atoms with E-state index in [1.807, 2.05) is 0 Å². The van der Waals surface area contributed by atoms with Gasteiger partial charge in [-0.05, 0) is 33.6 Å². The average Bonchev–Trinajstić information content (AvgIpc) is 2.06. The normalized spacial score (nSPS) is 19.1. The maximum atomic E-state index is 13.2. The molecule has 2 N–H and O–H groups in total. The van der Waals surface area contributed by atoms with Crippen LogP contribution in [0.15, 0.2) is 22.7 Å². The van der Waals surface area contributed by atoms with Crippen molar-refractivity contribution in [1.82, 2.24) is 5.32 Å². The largest absolute Gasteiger partial charge is 0.388 e. The van der Waals surface area contributed by atoms with Crippen molar-refractivity contribution in [2.45, 2.75) is 6.10 Å². The first-order valence-electron chi connectivity index (χ1n) is 4.52. The summed E-state index contributed by atoms with van der Waals surface area (Å²) in [5, 5.41) is 12.9. The third-order valence-corrected chi connectivity index (χ3v) is 3.19. The molecule has 76 valence electrons. The molecule has 1 aromatic rings. The molecule has 0 spiro atoms. The van der Waals surface area contributed by atoms with E-state index in [0.717, 1.165) is 13.1 Å². The number of aliphatic hydroxyl groups is 1. The Morgan fingerprint density at radius 1 is 1.50 bits per heavy atom. The first kappa shape index (κ1) is 10.1. The highest BCUT2D eigenvalue weighted by atomic mass is 79.9. The summed E-state index contributed by atoms with van der Waals surface area (Å²) in [5.74, 6) is -0.107. The van der Waals surface area contributed by atoms with Crippen molar-refractivity contribution in [2.75, 3.05) is 13.1 Å². The predicted octanol–water partition coefficient (Wildman–Crippen LogP) is 1.84. The molecule has 1 aliphatic rings. The lowest BCUT2D eigenvalue weighted by molar-refractivity contribution is 0.0764. The molecular weight excluding hydrogens is 249 g/mol. The highest BCUT2D eigenvalue weighted by Crippen LogP contribution is 2.27. The van der Waals surface area contributed by atoms with Crippen molar-refractivity contribution in [3.63, 3.8) is 0 Å². The van der Waals surface area contributed by atoms with Crippen LogP contribution in [0, 0.1) is 11.7 Å². The summed E-state index contributed by atoms with van der Waals surface area (Å²) in [4.78, 5) is 0. The van der Waals surface area contributed by atoms with Crippen LogP contribution in [-0.2, 0) is 0 Å². The number of hydrogen-bond acceptors (Lipinski definition) is 2. The lowest BCUT2D eigenvalue weighted by Crippen LogP contribution is -2.45. The average molecular weight is 260 g/mol. The summed E-state index contributed by atoms with van der Waals surface area (Å²) in [6, 6.07) is 4.75. The van der Waals surface area contributed by atoms with Gasteiger partial charge in [-0.1, -0.05) is 6.07 Å². The number of hydrogen-bond donors (Lipinski definition) is 2. The van der Waals surface area contributed by atoms with Gasteiger partial charge in [-0.15, -0.1) is 0 Å². The lowest BCUT2D eigenvalue weighted by atomic mass is 9.91. The third kappa shape index (κ3) is 1.82. The summed E-state index contributed by atoms with van der Waals surface area (Å²) in [5.41, 5.74) is 0.650. The second-order valence-electron chi connectivity index (χ2n) is 3.54. The minimum absolute atomic E-state index is 0.218. The quantitative estimate of drug-likeness (QED) is 0.850. The van der Waals surface area contributed by atoms with Gasteiger partial charge in [-0.3, -0.25) is 0 Å². The summed E-state index contributed by atoms with van der Waals surface area (Å²) in [6.45, 7) is 1.61. The van der Waals surface area contributed by atoms with Gasteiger partial charge in [0.25, 0.3) is 0 Å². The molecule has 2 nitrogen and oxygen atoms in total. The zero-order valence-corrected chi connectivity index (χ0v) is 9.09. The Bertz CT molecular complexity index is 341. The molecule has 4 heteroatoms. The van der Waals surface area contributed by atoms with Gasteiger partial charge in [0.05, 0.1) is 10.6 Å². The smallest absolute Gasteiger partial charge is 0.137 e. The molecule has 0 saturated carbocycles. The third-order valence-electron chi connectivity index (χ3n) is 2.54. The van der Waals surface area contributed by atoms with E-state index < -0.39 is 6.10 Å². The van der Waals surface area contributed by atoms with Crippen LogP contribution in [-0.4, -0.2) is 18.2 Å². The van der Waals surface area contributed by atoms with Crippen molar-refractivity contribution in [3.05, 3.63) is 34.1 Å². The van der Waals surface area contributed by atoms with Gasteiger partial charge < -0.3 is 10.4 Å². The van der Waals surface area contributed by atoms with E-state index in [-0.39, 0.29) is 11.7 Å². The minimum Gasteiger partial charge on any atom is -0.388 e. The molecule has 1 heterocycles. The molecule has 2 rings (SSSR count). The molecule has 1 atom stereocenters. The van der Waals surface area contributed by atoms with Gasteiger partial charge in [-0.25, -0.2) is 4.39 Å². The Labute approximate surface area is 90.3 Å². The molecule has 1 aromatic carbocycles. The van der Waals surface area contributed by atoms with E-state index >= 15 is 0 Å². The first-order chi connectivity index (χ1) is 6.68. The van der Waals surface area contributed by atoms with Crippen LogP contribution in [0.2, 0.25) is 0 Å². The summed E-state index contributed by atoms with van der Waals surface area (Å²) < 4.78 is 13.6. The van der Waals surface area contributed by atoms with Gasteiger partial charge in [-0.2, -0.15) is 0 Å². The molecular formula is C10H11BrFNO. The van der Waals surface area contributed by atoms with Crippen LogP contribution in [0.1, 0.15) is 11.7 Å². The van der Waals surface area contributed by atoms with Crippen LogP contribution in [0.5, 0.6) is 0 Å². The van der Waals surface area contributed by atoms with Gasteiger partial charge in [0.2, 0.25) is 0 Å². The van der Waals surface area contributed by atoms with Crippen LogP contribution in [0.25, 0.3) is 0 Å². The summed E-state index contributed by atoms with van der Waals surface area (Å²) >= 11 is 3.08. The number of rotatable bonds is 2. The van der Waals surface area contributed by atoms with Gasteiger partial charge in [0, 0.05) is 19.0 Å². The van der Waals surface area contributed by atoms with Crippen molar-refractivity contribution >= 4 is 15.9 Å². The van der Waals surface area contributed by atoms with Crippen molar-refractivity contribution < 1.29 is 9.50 Å². The fraction of sp³-hybridized carbons (Fsp3) is 0.400. The fourth-order valence-electron chi connectivity index (χ4n) is 1.50. The molecule has 0 radical (unpaired) electrons. The second kappa shape index (κ2) is 3.96. The highest BCUT2D eigenvalue weighted by molar-refractivity contribution is 9.10. The van der Waals surface area contributed by atoms with Gasteiger partial charge in [0.15, 0.2) is 0 Å². The minimum atomic E-state index is -0.557. The SMILES string of the molecule is OC(c1ccc(Br)c(F)c1)C1CNC1. The molecule has 0 amide bonds. The van der Waals surface area contributed by atoms with E-state index in [0.29, 0.717) is 10.0 Å². The van der Waals surface area contributed by atoms with E-state index in [2.05, 4.69) is 21.2 Å². The molecule has 1 saturated heterocycles. The van der Waals surface area contributed by atoms with Crippen molar-refractivity contribution in [3.8, 4) is 0 Å². The maximum absolute atomic E-state index is 13.2. The zero-order chi connectivity index (χ0) is 10.1. The monoisotopic (exact) mass is 259 g/mol. The zero-order valence-electron chi connectivity index (χ0n) is 7.50. The topological polar surface area (TPSA) is 32.3 Å². The highest BCUT2D eigenvalue weighted by Gasteiger charge is 2.26. The Hall–Kier alpha value is -0.450. The predicted molar refractivity (Wildman–Crippen MR) is 55.4 cm³/mol. The van der Waals surface area contributed by atoms with Gasteiger partial charge in [0.1, 0.15) is 5.82 Å². The molecule has 0 bridgehead atoms. The Morgan fingerprint density at radius 3 is 2.71 bits per heavy atom. The maximum Gasteiger partial charge on any atom is 0.137 e. The Morgan fingerprint density at radius 2 is 2.21 bits per heavy atom. The number of halogens is 2. The van der Waals surface area contributed by atoms with Crippen LogP contribution < -0.4 is 5.32 Å². The van der Waals surface area contributed by atoms with E-state index in [1.54, 1.807) is 12.1 Å². The molecule has 0 aliphatic carbocycles. The fourth-order valence-corrected chi connectivity index (χ4v) is 1.75. The van der Waals surface area contributed by atoms with Crippen molar-refractivity contribution in [1.29, 1.82) is 0 Å². The number of benzene rings is 1. The number of nitrogens with one attached hydrogen (secondary N) is 1. The standard InChI is InChI=1S/C10H11BrFNO/c11-8-2-1-6(3-9(8)12)10(14)7-4-13-5-7/h1-3,7,10,13-14H,4-5H2. The summed E-state index contributed by atoms with van der Waals surface area (Å²) in [7, 11) is 0.